The molecule has 0 aliphatic rings. The van der Waals surface area contributed by atoms with Gasteiger partial charge in [0.05, 0.1) is 7.11 Å². The van der Waals surface area contributed by atoms with Crippen LogP contribution in [0.3, 0.4) is 0 Å². The van der Waals surface area contributed by atoms with E-state index in [2.05, 4.69) is 35.6 Å². The van der Waals surface area contributed by atoms with Crippen LogP contribution in [-0.4, -0.2) is 29.7 Å². The van der Waals surface area contributed by atoms with Crippen molar-refractivity contribution < 1.29 is 4.74 Å². The highest BCUT2D eigenvalue weighted by Crippen LogP contribution is 2.30. The van der Waals surface area contributed by atoms with E-state index in [9.17, 15) is 0 Å². The minimum Gasteiger partial charge on any atom is -0.490 e. The van der Waals surface area contributed by atoms with Gasteiger partial charge in [0.15, 0.2) is 11.6 Å². The fourth-order valence-electron chi connectivity index (χ4n) is 1.54. The van der Waals surface area contributed by atoms with Gasteiger partial charge in [-0.05, 0) is 20.8 Å². The number of nitrogen functional groups attached to an aromatic ring is 1. The van der Waals surface area contributed by atoms with E-state index in [1.165, 1.54) is 6.33 Å². The average molecular weight is 210 g/mol. The highest BCUT2D eigenvalue weighted by atomic mass is 16.5. The molecule has 84 valence electrons. The van der Waals surface area contributed by atoms with Crippen LogP contribution in [-0.2, 0) is 0 Å². The molecular formula is C10H18N4O. The number of rotatable bonds is 4. The number of aromatic nitrogens is 2. The van der Waals surface area contributed by atoms with Crippen LogP contribution in [0.1, 0.15) is 20.8 Å². The van der Waals surface area contributed by atoms with E-state index in [4.69, 9.17) is 10.5 Å². The van der Waals surface area contributed by atoms with Crippen molar-refractivity contribution in [3.05, 3.63) is 6.33 Å². The zero-order chi connectivity index (χ0) is 11.4. The number of nitrogens with two attached hydrogens (primary N) is 1. The molecule has 0 unspecified atom stereocenters. The second-order valence-electron chi connectivity index (χ2n) is 3.50. The van der Waals surface area contributed by atoms with Gasteiger partial charge < -0.3 is 15.4 Å². The van der Waals surface area contributed by atoms with Crippen LogP contribution in [0.15, 0.2) is 6.33 Å². The van der Waals surface area contributed by atoms with Crippen molar-refractivity contribution in [2.24, 2.45) is 0 Å². The van der Waals surface area contributed by atoms with E-state index in [0.717, 1.165) is 12.4 Å². The van der Waals surface area contributed by atoms with E-state index in [1.54, 1.807) is 7.11 Å². The third-order valence-electron chi connectivity index (χ3n) is 2.25. The molecule has 0 radical (unpaired) electrons. The maximum atomic E-state index is 5.72. The molecule has 0 spiro atoms. The largest absolute Gasteiger partial charge is 0.490 e. The highest BCUT2D eigenvalue weighted by molar-refractivity contribution is 5.62. The molecule has 1 aromatic rings. The molecule has 1 rings (SSSR count). The average Bonchev–Trinajstić information content (AvgIpc) is 2.18. The Bertz CT molecular complexity index is 327. The molecule has 1 heterocycles. The maximum Gasteiger partial charge on any atom is 0.204 e. The van der Waals surface area contributed by atoms with Crippen molar-refractivity contribution in [1.82, 2.24) is 9.97 Å². The third kappa shape index (κ3) is 2.29. The number of nitrogens with zero attached hydrogens (tertiary/aromatic N) is 3. The molecule has 2 N–H and O–H groups in total. The number of hydrogen-bond donors (Lipinski definition) is 1. The standard InChI is InChI=1S/C10H18N4O/c1-5-14(7(2)3)10-8(15-4)9(11)12-6-13-10/h6-7H,5H2,1-4H3,(H2,11,12,13). The monoisotopic (exact) mass is 210 g/mol. The minimum atomic E-state index is 0.346. The summed E-state index contributed by atoms with van der Waals surface area (Å²) in [7, 11) is 1.58. The molecule has 5 nitrogen and oxygen atoms in total. The first kappa shape index (κ1) is 11.6. The normalized spacial score (nSPS) is 10.5. The van der Waals surface area contributed by atoms with Gasteiger partial charge in [-0.1, -0.05) is 0 Å². The van der Waals surface area contributed by atoms with Crippen LogP contribution >= 0.6 is 0 Å². The first-order chi connectivity index (χ1) is 7.11. The van der Waals surface area contributed by atoms with Gasteiger partial charge in [0, 0.05) is 12.6 Å². The molecule has 0 fully saturated rings. The predicted molar refractivity (Wildman–Crippen MR) is 61.2 cm³/mol. The molecular weight excluding hydrogens is 192 g/mol. The summed E-state index contributed by atoms with van der Waals surface area (Å²) in [6, 6.07) is 0.346. The molecule has 0 saturated carbocycles. The summed E-state index contributed by atoms with van der Waals surface area (Å²) in [5, 5.41) is 0. The van der Waals surface area contributed by atoms with Gasteiger partial charge in [-0.25, -0.2) is 9.97 Å². The number of ether oxygens (including phenoxy) is 1. The summed E-state index contributed by atoms with van der Waals surface area (Å²) in [4.78, 5) is 10.2. The van der Waals surface area contributed by atoms with E-state index < -0.39 is 0 Å². The Kier molecular flexibility index (Phi) is 3.71. The van der Waals surface area contributed by atoms with Crippen LogP contribution in [0.5, 0.6) is 5.75 Å². The molecule has 1 aromatic heterocycles. The van der Waals surface area contributed by atoms with E-state index in [-0.39, 0.29) is 0 Å². The molecule has 0 aliphatic carbocycles. The van der Waals surface area contributed by atoms with Gasteiger partial charge in [-0.3, -0.25) is 0 Å². The molecule has 0 saturated heterocycles. The highest BCUT2D eigenvalue weighted by Gasteiger charge is 2.17. The number of anilines is 2. The van der Waals surface area contributed by atoms with Crippen molar-refractivity contribution in [1.29, 1.82) is 0 Å². The van der Waals surface area contributed by atoms with Crippen LogP contribution in [0.4, 0.5) is 11.6 Å². The van der Waals surface area contributed by atoms with Crippen molar-refractivity contribution in [3.63, 3.8) is 0 Å². The maximum absolute atomic E-state index is 5.72. The van der Waals surface area contributed by atoms with Gasteiger partial charge in [0.1, 0.15) is 6.33 Å². The van der Waals surface area contributed by atoms with Crippen molar-refractivity contribution >= 4 is 11.6 Å². The molecule has 0 bridgehead atoms. The summed E-state index contributed by atoms with van der Waals surface area (Å²) in [6.07, 6.45) is 1.46. The minimum absolute atomic E-state index is 0.346. The second-order valence-corrected chi connectivity index (χ2v) is 3.50. The Morgan fingerprint density at radius 2 is 2.13 bits per heavy atom. The van der Waals surface area contributed by atoms with Crippen LogP contribution < -0.4 is 15.4 Å². The summed E-state index contributed by atoms with van der Waals surface area (Å²) in [6.45, 7) is 7.12. The molecule has 0 atom stereocenters. The van der Waals surface area contributed by atoms with Gasteiger partial charge in [-0.15, -0.1) is 0 Å². The quantitative estimate of drug-likeness (QED) is 0.811. The summed E-state index contributed by atoms with van der Waals surface area (Å²) in [5.41, 5.74) is 5.72. The summed E-state index contributed by atoms with van der Waals surface area (Å²) < 4.78 is 5.22. The Morgan fingerprint density at radius 1 is 1.47 bits per heavy atom. The Morgan fingerprint density at radius 3 is 2.60 bits per heavy atom. The number of hydrogen-bond acceptors (Lipinski definition) is 5. The fraction of sp³-hybridized carbons (Fsp3) is 0.600. The van der Waals surface area contributed by atoms with Crippen LogP contribution in [0, 0.1) is 0 Å². The lowest BCUT2D eigenvalue weighted by molar-refractivity contribution is 0.411. The molecule has 0 amide bonds. The summed E-state index contributed by atoms with van der Waals surface area (Å²) >= 11 is 0. The third-order valence-corrected chi connectivity index (χ3v) is 2.25. The van der Waals surface area contributed by atoms with Crippen molar-refractivity contribution in [2.75, 3.05) is 24.3 Å². The molecule has 15 heavy (non-hydrogen) atoms. The SMILES string of the molecule is CCN(c1ncnc(N)c1OC)C(C)C. The zero-order valence-electron chi connectivity index (χ0n) is 9.69. The van der Waals surface area contributed by atoms with Crippen molar-refractivity contribution in [3.8, 4) is 5.75 Å². The lowest BCUT2D eigenvalue weighted by atomic mass is 10.3. The Hall–Kier alpha value is -1.52. The smallest absolute Gasteiger partial charge is 0.204 e. The zero-order valence-corrected chi connectivity index (χ0v) is 9.69. The van der Waals surface area contributed by atoms with Gasteiger partial charge in [0.25, 0.3) is 0 Å². The van der Waals surface area contributed by atoms with Crippen LogP contribution in [0.2, 0.25) is 0 Å². The molecule has 0 aromatic carbocycles. The van der Waals surface area contributed by atoms with Gasteiger partial charge in [0.2, 0.25) is 5.75 Å². The first-order valence-electron chi connectivity index (χ1n) is 5.02. The fourth-order valence-corrected chi connectivity index (χ4v) is 1.54. The van der Waals surface area contributed by atoms with E-state index in [0.29, 0.717) is 17.6 Å². The Balaban J connectivity index is 3.16. The van der Waals surface area contributed by atoms with Crippen LogP contribution in [0.25, 0.3) is 0 Å². The van der Waals surface area contributed by atoms with Gasteiger partial charge >= 0.3 is 0 Å². The number of methoxy groups -OCH3 is 1. The first-order valence-corrected chi connectivity index (χ1v) is 5.02. The van der Waals surface area contributed by atoms with E-state index in [1.807, 2.05) is 0 Å². The topological polar surface area (TPSA) is 64.3 Å². The molecule has 5 heteroatoms. The predicted octanol–water partition coefficient (Wildman–Crippen LogP) is 1.30. The summed E-state index contributed by atoms with van der Waals surface area (Å²) in [5.74, 6) is 1.68. The van der Waals surface area contributed by atoms with Gasteiger partial charge in [-0.2, -0.15) is 0 Å². The molecule has 0 aliphatic heterocycles. The Labute approximate surface area is 90.3 Å². The van der Waals surface area contributed by atoms with Crippen molar-refractivity contribution in [2.45, 2.75) is 26.8 Å². The lowest BCUT2D eigenvalue weighted by Gasteiger charge is -2.27. The lowest BCUT2D eigenvalue weighted by Crippen LogP contribution is -2.31. The van der Waals surface area contributed by atoms with E-state index >= 15 is 0 Å². The second kappa shape index (κ2) is 4.82.